The Labute approximate surface area is 122 Å². The van der Waals surface area contributed by atoms with Crippen molar-refractivity contribution in [2.45, 2.75) is 40.2 Å². The summed E-state index contributed by atoms with van der Waals surface area (Å²) in [5.41, 5.74) is 2.20. The van der Waals surface area contributed by atoms with Crippen LogP contribution in [-0.2, 0) is 11.2 Å². The van der Waals surface area contributed by atoms with Crippen LogP contribution in [0.5, 0.6) is 5.75 Å². The number of hydrogen-bond donors (Lipinski definition) is 0. The Bertz CT molecular complexity index is 757. The number of rotatable bonds is 4. The molecular formula is C16H17O5-. The van der Waals surface area contributed by atoms with Crippen molar-refractivity contribution in [3.63, 3.8) is 0 Å². The Morgan fingerprint density at radius 1 is 1.33 bits per heavy atom. The highest BCUT2D eigenvalue weighted by atomic mass is 16.5. The number of fused-ring (bicyclic) bond motifs is 1. The summed E-state index contributed by atoms with van der Waals surface area (Å²) in [6.07, 6.45) is -0.479. The number of carboxylic acid groups (broad SMARTS) is 1. The van der Waals surface area contributed by atoms with Crippen LogP contribution in [0.15, 0.2) is 21.3 Å². The van der Waals surface area contributed by atoms with Gasteiger partial charge in [0.1, 0.15) is 17.4 Å². The lowest BCUT2D eigenvalue weighted by Gasteiger charge is -2.18. The minimum Gasteiger partial charge on any atom is -0.546 e. The van der Waals surface area contributed by atoms with Crippen LogP contribution in [0, 0.1) is 13.8 Å². The first-order chi connectivity index (χ1) is 9.86. The van der Waals surface area contributed by atoms with E-state index in [4.69, 9.17) is 9.15 Å². The van der Waals surface area contributed by atoms with Crippen molar-refractivity contribution in [1.29, 1.82) is 0 Å². The van der Waals surface area contributed by atoms with Gasteiger partial charge < -0.3 is 19.1 Å². The summed E-state index contributed by atoms with van der Waals surface area (Å²) < 4.78 is 10.7. The number of carboxylic acids is 1. The number of benzene rings is 1. The predicted octanol–water partition coefficient (Wildman–Crippen LogP) is 1.49. The molecule has 0 bridgehead atoms. The van der Waals surface area contributed by atoms with E-state index in [2.05, 4.69) is 0 Å². The molecule has 5 nitrogen and oxygen atoms in total. The highest BCUT2D eigenvalue weighted by molar-refractivity contribution is 5.85. The molecular weight excluding hydrogens is 272 g/mol. The van der Waals surface area contributed by atoms with Gasteiger partial charge in [0, 0.05) is 16.5 Å². The SMILES string of the molecule is CCc1c(C)c2ccc(O[C@@H](C)C(=O)[O-])c(C)c2oc1=O. The fraction of sp³-hybridized carbons (Fsp3) is 0.375. The Morgan fingerprint density at radius 2 is 2.00 bits per heavy atom. The maximum absolute atomic E-state index is 12.0. The van der Waals surface area contributed by atoms with Gasteiger partial charge in [0.15, 0.2) is 0 Å². The van der Waals surface area contributed by atoms with E-state index in [1.54, 1.807) is 19.1 Å². The van der Waals surface area contributed by atoms with Crippen molar-refractivity contribution in [2.75, 3.05) is 0 Å². The zero-order valence-corrected chi connectivity index (χ0v) is 12.5. The Kier molecular flexibility index (Phi) is 4.02. The minimum atomic E-state index is -1.30. The van der Waals surface area contributed by atoms with Gasteiger partial charge >= 0.3 is 5.63 Å². The molecule has 2 aromatic rings. The second-order valence-corrected chi connectivity index (χ2v) is 4.99. The van der Waals surface area contributed by atoms with Gasteiger partial charge in [-0.1, -0.05) is 6.92 Å². The first-order valence-electron chi connectivity index (χ1n) is 6.80. The summed E-state index contributed by atoms with van der Waals surface area (Å²) in [6.45, 7) is 6.90. The third kappa shape index (κ3) is 2.63. The van der Waals surface area contributed by atoms with Gasteiger partial charge in [-0.25, -0.2) is 4.79 Å². The van der Waals surface area contributed by atoms with E-state index in [0.29, 0.717) is 28.9 Å². The summed E-state index contributed by atoms with van der Waals surface area (Å²) in [7, 11) is 0. The average Bonchev–Trinajstić information content (AvgIpc) is 2.42. The number of aliphatic carboxylic acids is 1. The van der Waals surface area contributed by atoms with E-state index < -0.39 is 12.1 Å². The normalized spacial score (nSPS) is 12.4. The van der Waals surface area contributed by atoms with E-state index in [-0.39, 0.29) is 5.63 Å². The van der Waals surface area contributed by atoms with E-state index in [0.717, 1.165) is 10.9 Å². The zero-order chi connectivity index (χ0) is 15.7. The fourth-order valence-corrected chi connectivity index (χ4v) is 2.35. The van der Waals surface area contributed by atoms with Crippen molar-refractivity contribution in [2.24, 2.45) is 0 Å². The standard InChI is InChI=1S/C16H18O5/c1-5-11-8(2)12-6-7-13(20-10(4)15(17)18)9(3)14(12)21-16(11)19/h6-7,10H,5H2,1-4H3,(H,17,18)/p-1/t10-/m0/s1. The molecule has 1 aromatic heterocycles. The van der Waals surface area contributed by atoms with Crippen LogP contribution in [0.2, 0.25) is 0 Å². The van der Waals surface area contributed by atoms with Crippen LogP contribution in [0.25, 0.3) is 11.0 Å². The van der Waals surface area contributed by atoms with Gasteiger partial charge in [-0.15, -0.1) is 0 Å². The molecule has 21 heavy (non-hydrogen) atoms. The van der Waals surface area contributed by atoms with E-state index in [9.17, 15) is 14.7 Å². The van der Waals surface area contributed by atoms with E-state index in [1.807, 2.05) is 13.8 Å². The molecule has 2 rings (SSSR count). The van der Waals surface area contributed by atoms with E-state index >= 15 is 0 Å². The maximum atomic E-state index is 12.0. The van der Waals surface area contributed by atoms with Gasteiger partial charge in [-0.3, -0.25) is 0 Å². The smallest absolute Gasteiger partial charge is 0.339 e. The Hall–Kier alpha value is -2.30. The Morgan fingerprint density at radius 3 is 2.57 bits per heavy atom. The van der Waals surface area contributed by atoms with Crippen LogP contribution in [0.4, 0.5) is 0 Å². The second kappa shape index (κ2) is 5.60. The van der Waals surface area contributed by atoms with Crippen LogP contribution in [-0.4, -0.2) is 12.1 Å². The molecule has 1 aromatic carbocycles. The molecule has 112 valence electrons. The van der Waals surface area contributed by atoms with Crippen LogP contribution in [0.3, 0.4) is 0 Å². The van der Waals surface area contributed by atoms with Crippen LogP contribution in [0.1, 0.15) is 30.5 Å². The topological polar surface area (TPSA) is 79.6 Å². The summed E-state index contributed by atoms with van der Waals surface area (Å²) >= 11 is 0. The second-order valence-electron chi connectivity index (χ2n) is 4.99. The fourth-order valence-electron chi connectivity index (χ4n) is 2.35. The van der Waals surface area contributed by atoms with Gasteiger partial charge in [-0.05, 0) is 44.9 Å². The van der Waals surface area contributed by atoms with Crippen LogP contribution < -0.4 is 15.5 Å². The zero-order valence-electron chi connectivity index (χ0n) is 12.5. The van der Waals surface area contributed by atoms with Gasteiger partial charge in [0.2, 0.25) is 0 Å². The van der Waals surface area contributed by atoms with Gasteiger partial charge in [-0.2, -0.15) is 0 Å². The third-order valence-corrected chi connectivity index (χ3v) is 3.64. The maximum Gasteiger partial charge on any atom is 0.339 e. The van der Waals surface area contributed by atoms with Gasteiger partial charge in [0.25, 0.3) is 0 Å². The van der Waals surface area contributed by atoms with E-state index in [1.165, 1.54) is 6.92 Å². The number of aryl methyl sites for hydroxylation is 2. The molecule has 0 aliphatic rings. The monoisotopic (exact) mass is 289 g/mol. The molecule has 0 unspecified atom stereocenters. The molecule has 1 heterocycles. The minimum absolute atomic E-state index is 0.365. The number of ether oxygens (including phenoxy) is 1. The molecule has 0 aliphatic carbocycles. The summed E-state index contributed by atoms with van der Waals surface area (Å²) in [6, 6.07) is 3.46. The molecule has 0 saturated carbocycles. The molecule has 0 N–H and O–H groups in total. The van der Waals surface area contributed by atoms with Crippen molar-refractivity contribution in [3.8, 4) is 5.75 Å². The largest absolute Gasteiger partial charge is 0.546 e. The highest BCUT2D eigenvalue weighted by Crippen LogP contribution is 2.30. The molecule has 0 radical (unpaired) electrons. The lowest BCUT2D eigenvalue weighted by atomic mass is 10.0. The lowest BCUT2D eigenvalue weighted by Crippen LogP contribution is -2.37. The molecule has 0 amide bonds. The van der Waals surface area contributed by atoms with Crippen molar-refractivity contribution in [1.82, 2.24) is 0 Å². The van der Waals surface area contributed by atoms with Crippen molar-refractivity contribution < 1.29 is 19.1 Å². The molecule has 5 heteroatoms. The third-order valence-electron chi connectivity index (χ3n) is 3.64. The quantitative estimate of drug-likeness (QED) is 0.797. The van der Waals surface area contributed by atoms with Crippen LogP contribution >= 0.6 is 0 Å². The van der Waals surface area contributed by atoms with Crippen molar-refractivity contribution in [3.05, 3.63) is 39.2 Å². The lowest BCUT2D eigenvalue weighted by molar-refractivity contribution is -0.312. The molecule has 0 aliphatic heterocycles. The molecule has 0 spiro atoms. The average molecular weight is 289 g/mol. The first-order valence-corrected chi connectivity index (χ1v) is 6.80. The summed E-state index contributed by atoms with van der Waals surface area (Å²) in [5, 5.41) is 11.6. The molecule has 1 atom stereocenters. The highest BCUT2D eigenvalue weighted by Gasteiger charge is 2.15. The summed E-state index contributed by atoms with van der Waals surface area (Å²) in [5.74, 6) is -0.931. The molecule has 0 saturated heterocycles. The number of carbonyl (C=O) groups is 1. The Balaban J connectivity index is 2.63. The predicted molar refractivity (Wildman–Crippen MR) is 76.4 cm³/mol. The van der Waals surface area contributed by atoms with Crippen molar-refractivity contribution >= 4 is 16.9 Å². The number of hydrogen-bond acceptors (Lipinski definition) is 5. The summed E-state index contributed by atoms with van der Waals surface area (Å²) in [4.78, 5) is 22.7. The molecule has 0 fully saturated rings. The van der Waals surface area contributed by atoms with Gasteiger partial charge in [0.05, 0.1) is 5.97 Å². The first kappa shape index (κ1) is 15.1. The number of carbonyl (C=O) groups excluding carboxylic acids is 1.